The van der Waals surface area contributed by atoms with E-state index in [-0.39, 0.29) is 5.56 Å². The normalized spacial score (nSPS) is 11.4. The lowest BCUT2D eigenvalue weighted by atomic mass is 10.1. The number of benzene rings is 2. The number of carbonyl (C=O) groups is 1. The second-order valence-corrected chi connectivity index (χ2v) is 5.52. The van der Waals surface area contributed by atoms with E-state index in [2.05, 4.69) is 21.2 Å². The van der Waals surface area contributed by atoms with Crippen molar-refractivity contribution in [2.45, 2.75) is 13.1 Å². The number of alkyl halides is 3. The van der Waals surface area contributed by atoms with Crippen molar-refractivity contribution < 1.29 is 22.4 Å². The van der Waals surface area contributed by atoms with Gasteiger partial charge in [-0.3, -0.25) is 4.79 Å². The van der Waals surface area contributed by atoms with Crippen LogP contribution in [0.25, 0.3) is 0 Å². The Labute approximate surface area is 132 Å². The maximum atomic E-state index is 13.2. The van der Waals surface area contributed by atoms with Crippen LogP contribution < -0.4 is 5.32 Å². The predicted molar refractivity (Wildman–Crippen MR) is 78.2 cm³/mol. The fourth-order valence-corrected chi connectivity index (χ4v) is 2.32. The molecule has 2 aromatic rings. The van der Waals surface area contributed by atoms with Gasteiger partial charge in [0, 0.05) is 15.7 Å². The second kappa shape index (κ2) is 6.08. The summed E-state index contributed by atoms with van der Waals surface area (Å²) in [7, 11) is 0. The maximum absolute atomic E-state index is 13.2. The van der Waals surface area contributed by atoms with Gasteiger partial charge in [-0.25, -0.2) is 4.39 Å². The van der Waals surface area contributed by atoms with E-state index in [0.717, 1.165) is 16.1 Å². The number of amides is 1. The summed E-state index contributed by atoms with van der Waals surface area (Å²) in [6.07, 6.45) is -4.85. The topological polar surface area (TPSA) is 29.1 Å². The van der Waals surface area contributed by atoms with Gasteiger partial charge in [0.2, 0.25) is 0 Å². The Balaban J connectivity index is 2.30. The minimum Gasteiger partial charge on any atom is -0.322 e. The summed E-state index contributed by atoms with van der Waals surface area (Å²) >= 11 is 3.27. The number of aryl methyl sites for hydroxylation is 1. The molecule has 0 aliphatic carbocycles. The van der Waals surface area contributed by atoms with Crippen molar-refractivity contribution in [3.05, 3.63) is 63.4 Å². The highest BCUT2D eigenvalue weighted by Crippen LogP contribution is 2.32. The van der Waals surface area contributed by atoms with Gasteiger partial charge in [0.25, 0.3) is 5.91 Å². The van der Waals surface area contributed by atoms with Crippen LogP contribution in [0.2, 0.25) is 0 Å². The third-order valence-corrected chi connectivity index (χ3v) is 3.46. The van der Waals surface area contributed by atoms with Gasteiger partial charge in [-0.05, 0) is 48.9 Å². The molecule has 0 unspecified atom stereocenters. The average molecular weight is 376 g/mol. The zero-order valence-electron chi connectivity index (χ0n) is 11.3. The molecular formula is C15H10BrF4NO. The molecule has 1 amide bonds. The van der Waals surface area contributed by atoms with Crippen molar-refractivity contribution in [3.63, 3.8) is 0 Å². The zero-order valence-corrected chi connectivity index (χ0v) is 12.8. The number of anilines is 1. The van der Waals surface area contributed by atoms with Gasteiger partial charge < -0.3 is 5.32 Å². The Hall–Kier alpha value is -1.89. The minimum absolute atomic E-state index is 0.268. The molecule has 1 N–H and O–H groups in total. The van der Waals surface area contributed by atoms with Crippen molar-refractivity contribution in [2.24, 2.45) is 0 Å². The fraction of sp³-hybridized carbons (Fsp3) is 0.133. The lowest BCUT2D eigenvalue weighted by molar-refractivity contribution is -0.140. The van der Waals surface area contributed by atoms with Crippen molar-refractivity contribution >= 4 is 27.5 Å². The molecule has 0 fully saturated rings. The van der Waals surface area contributed by atoms with Crippen molar-refractivity contribution in [1.29, 1.82) is 0 Å². The Kier molecular flexibility index (Phi) is 4.55. The average Bonchev–Trinajstić information content (AvgIpc) is 2.41. The number of carbonyl (C=O) groups excluding carboxylic acids is 1. The highest BCUT2D eigenvalue weighted by atomic mass is 79.9. The molecule has 0 spiro atoms. The van der Waals surface area contributed by atoms with Crippen LogP contribution in [0.4, 0.5) is 23.2 Å². The van der Waals surface area contributed by atoms with Crippen LogP contribution in [-0.4, -0.2) is 5.91 Å². The third-order valence-electron chi connectivity index (χ3n) is 2.97. The molecular weight excluding hydrogens is 366 g/mol. The summed E-state index contributed by atoms with van der Waals surface area (Å²) in [6, 6.07) is 7.19. The largest absolute Gasteiger partial charge is 0.419 e. The molecule has 0 radical (unpaired) electrons. The number of rotatable bonds is 2. The van der Waals surface area contributed by atoms with Gasteiger partial charge in [0.1, 0.15) is 5.82 Å². The SMILES string of the molecule is Cc1cc(Br)ccc1NC(=O)c1ccc(F)c(C(F)(F)F)c1. The predicted octanol–water partition coefficient (Wildman–Crippen LogP) is 5.17. The van der Waals surface area contributed by atoms with Crippen LogP contribution in [0.1, 0.15) is 21.5 Å². The molecule has 2 nitrogen and oxygen atoms in total. The van der Waals surface area contributed by atoms with Gasteiger partial charge in [-0.15, -0.1) is 0 Å². The lowest BCUT2D eigenvalue weighted by Crippen LogP contribution is -2.15. The van der Waals surface area contributed by atoms with Gasteiger partial charge in [0.05, 0.1) is 5.56 Å². The van der Waals surface area contributed by atoms with E-state index in [1.807, 2.05) is 0 Å². The molecule has 116 valence electrons. The van der Waals surface area contributed by atoms with Crippen LogP contribution in [0, 0.1) is 12.7 Å². The molecule has 2 rings (SSSR count). The molecule has 0 atom stereocenters. The standard InChI is InChI=1S/C15H10BrF4NO/c1-8-6-10(16)3-5-13(8)21-14(22)9-2-4-12(17)11(7-9)15(18,19)20/h2-7H,1H3,(H,21,22). The molecule has 7 heteroatoms. The van der Waals surface area contributed by atoms with E-state index in [9.17, 15) is 22.4 Å². The maximum Gasteiger partial charge on any atom is 0.419 e. The summed E-state index contributed by atoms with van der Waals surface area (Å²) in [4.78, 5) is 12.0. The summed E-state index contributed by atoms with van der Waals surface area (Å²) < 4.78 is 52.0. The molecule has 22 heavy (non-hydrogen) atoms. The monoisotopic (exact) mass is 375 g/mol. The van der Waals surface area contributed by atoms with Crippen LogP contribution in [0.3, 0.4) is 0 Å². The van der Waals surface area contributed by atoms with Gasteiger partial charge in [-0.2, -0.15) is 13.2 Å². The first-order valence-electron chi connectivity index (χ1n) is 6.13. The summed E-state index contributed by atoms with van der Waals surface area (Å²) in [5.41, 5.74) is -0.532. The first-order chi connectivity index (χ1) is 10.2. The lowest BCUT2D eigenvalue weighted by Gasteiger charge is -2.11. The van der Waals surface area contributed by atoms with Gasteiger partial charge in [-0.1, -0.05) is 15.9 Å². The molecule has 0 aliphatic heterocycles. The molecule has 2 aromatic carbocycles. The Morgan fingerprint density at radius 2 is 1.82 bits per heavy atom. The summed E-state index contributed by atoms with van der Waals surface area (Å²) in [5, 5.41) is 2.50. The van der Waals surface area contributed by atoms with E-state index in [1.54, 1.807) is 25.1 Å². The first kappa shape index (κ1) is 16.5. The highest BCUT2D eigenvalue weighted by molar-refractivity contribution is 9.10. The van der Waals surface area contributed by atoms with E-state index < -0.39 is 23.5 Å². The van der Waals surface area contributed by atoms with E-state index in [1.165, 1.54) is 0 Å². The fourth-order valence-electron chi connectivity index (χ4n) is 1.85. The third kappa shape index (κ3) is 3.65. The van der Waals surface area contributed by atoms with Crippen LogP contribution in [0.15, 0.2) is 40.9 Å². The molecule has 0 bridgehead atoms. The van der Waals surface area contributed by atoms with Crippen LogP contribution in [0.5, 0.6) is 0 Å². The quantitative estimate of drug-likeness (QED) is 0.721. The summed E-state index contributed by atoms with van der Waals surface area (Å²) in [5.74, 6) is -2.15. The molecule has 0 aliphatic rings. The number of hydrogen-bond donors (Lipinski definition) is 1. The van der Waals surface area contributed by atoms with Gasteiger partial charge in [0.15, 0.2) is 0 Å². The second-order valence-electron chi connectivity index (χ2n) is 4.61. The van der Waals surface area contributed by atoms with E-state index >= 15 is 0 Å². The summed E-state index contributed by atoms with van der Waals surface area (Å²) in [6.45, 7) is 1.74. The van der Waals surface area contributed by atoms with Crippen molar-refractivity contribution in [2.75, 3.05) is 5.32 Å². The Morgan fingerprint density at radius 1 is 1.14 bits per heavy atom. The molecule has 0 heterocycles. The van der Waals surface area contributed by atoms with Crippen LogP contribution in [-0.2, 0) is 6.18 Å². The number of halogens is 5. The Bertz CT molecular complexity index is 728. The smallest absolute Gasteiger partial charge is 0.322 e. The molecule has 0 saturated carbocycles. The highest BCUT2D eigenvalue weighted by Gasteiger charge is 2.34. The Morgan fingerprint density at radius 3 is 2.41 bits per heavy atom. The molecule has 0 saturated heterocycles. The van der Waals surface area contributed by atoms with E-state index in [4.69, 9.17) is 0 Å². The van der Waals surface area contributed by atoms with E-state index in [0.29, 0.717) is 17.8 Å². The van der Waals surface area contributed by atoms with Crippen molar-refractivity contribution in [3.8, 4) is 0 Å². The minimum atomic E-state index is -4.85. The number of hydrogen-bond acceptors (Lipinski definition) is 1. The number of nitrogens with one attached hydrogen (secondary N) is 1. The van der Waals surface area contributed by atoms with Crippen LogP contribution >= 0.6 is 15.9 Å². The first-order valence-corrected chi connectivity index (χ1v) is 6.92. The molecule has 0 aromatic heterocycles. The van der Waals surface area contributed by atoms with Gasteiger partial charge >= 0.3 is 6.18 Å². The van der Waals surface area contributed by atoms with Crippen molar-refractivity contribution in [1.82, 2.24) is 0 Å². The zero-order chi connectivity index (χ0) is 16.5.